The molecule has 0 fully saturated rings. The van der Waals surface area contributed by atoms with Gasteiger partial charge in [-0.3, -0.25) is 0 Å². The molecular formula is C21H21N. The minimum Gasteiger partial charge on any atom is -0.344 e. The Morgan fingerprint density at radius 2 is 1.55 bits per heavy atom. The first-order chi connectivity index (χ1) is 10.9. The van der Waals surface area contributed by atoms with Gasteiger partial charge in [0.05, 0.1) is 0 Å². The predicted molar refractivity (Wildman–Crippen MR) is 92.0 cm³/mol. The van der Waals surface area contributed by atoms with Crippen LogP contribution in [0.5, 0.6) is 0 Å². The molecule has 0 bridgehead atoms. The van der Waals surface area contributed by atoms with Crippen molar-refractivity contribution in [3.05, 3.63) is 83.6 Å². The zero-order chi connectivity index (χ0) is 14.8. The molecule has 3 aromatic rings. The number of aromatic nitrogens is 1. The molecule has 1 heteroatoms. The molecule has 1 aliphatic carbocycles. The Hall–Kier alpha value is -2.28. The normalized spacial score (nSPS) is 13.3. The Labute approximate surface area is 132 Å². The summed E-state index contributed by atoms with van der Waals surface area (Å²) in [6.45, 7) is 1.07. The van der Waals surface area contributed by atoms with Crippen molar-refractivity contribution in [2.75, 3.05) is 0 Å². The van der Waals surface area contributed by atoms with Gasteiger partial charge in [0.25, 0.3) is 0 Å². The molecule has 0 amide bonds. The summed E-state index contributed by atoms with van der Waals surface area (Å²) < 4.78 is 2.56. The molecule has 4 rings (SSSR count). The summed E-state index contributed by atoms with van der Waals surface area (Å²) in [4.78, 5) is 0. The van der Waals surface area contributed by atoms with E-state index in [9.17, 15) is 0 Å². The summed E-state index contributed by atoms with van der Waals surface area (Å²) in [6, 6.07) is 24.0. The highest BCUT2D eigenvalue weighted by molar-refractivity contribution is 5.63. The topological polar surface area (TPSA) is 4.93 Å². The molecule has 0 spiro atoms. The maximum atomic E-state index is 2.56. The molecule has 1 aliphatic rings. The van der Waals surface area contributed by atoms with Crippen LogP contribution in [-0.2, 0) is 25.8 Å². The van der Waals surface area contributed by atoms with Gasteiger partial charge in [-0.25, -0.2) is 0 Å². The quantitative estimate of drug-likeness (QED) is 0.644. The van der Waals surface area contributed by atoms with E-state index in [1.54, 1.807) is 11.3 Å². The lowest BCUT2D eigenvalue weighted by Crippen LogP contribution is -2.06. The van der Waals surface area contributed by atoms with Crippen molar-refractivity contribution in [2.45, 2.75) is 32.2 Å². The van der Waals surface area contributed by atoms with Crippen LogP contribution >= 0.6 is 0 Å². The van der Waals surface area contributed by atoms with Crippen LogP contribution < -0.4 is 0 Å². The van der Waals surface area contributed by atoms with Crippen LogP contribution in [0.3, 0.4) is 0 Å². The highest BCUT2D eigenvalue weighted by atomic mass is 15.0. The first kappa shape index (κ1) is 13.4. The monoisotopic (exact) mass is 287 g/mol. The number of nitrogens with zero attached hydrogens (tertiary/aromatic N) is 1. The summed E-state index contributed by atoms with van der Waals surface area (Å²) in [5.74, 6) is 0. The average Bonchev–Trinajstić information content (AvgIpc) is 3.16. The van der Waals surface area contributed by atoms with Crippen LogP contribution in [0.4, 0.5) is 0 Å². The number of benzene rings is 2. The average molecular weight is 287 g/mol. The van der Waals surface area contributed by atoms with Gasteiger partial charge in [0.2, 0.25) is 0 Å². The fourth-order valence-electron chi connectivity index (χ4n) is 3.59. The van der Waals surface area contributed by atoms with Crippen LogP contribution in [0.15, 0.2) is 66.7 Å². The minimum absolute atomic E-state index is 1.07. The van der Waals surface area contributed by atoms with Crippen LogP contribution in [0.25, 0.3) is 11.3 Å². The molecule has 0 unspecified atom stereocenters. The third-order valence-corrected chi connectivity index (χ3v) is 4.69. The first-order valence-electron chi connectivity index (χ1n) is 8.22. The Kier molecular flexibility index (Phi) is 3.56. The van der Waals surface area contributed by atoms with E-state index in [0.717, 1.165) is 13.0 Å². The van der Waals surface area contributed by atoms with Crippen LogP contribution in [0.1, 0.15) is 23.2 Å². The second-order valence-electron chi connectivity index (χ2n) is 6.11. The summed E-state index contributed by atoms with van der Waals surface area (Å²) in [6.07, 6.45) is 4.89. The lowest BCUT2D eigenvalue weighted by atomic mass is 10.1. The Morgan fingerprint density at radius 1 is 0.818 bits per heavy atom. The largest absolute Gasteiger partial charge is 0.344 e. The van der Waals surface area contributed by atoms with Crippen LogP contribution in [0.2, 0.25) is 0 Å². The lowest BCUT2D eigenvalue weighted by molar-refractivity contribution is 0.671. The fourth-order valence-corrected chi connectivity index (χ4v) is 3.59. The third-order valence-electron chi connectivity index (χ3n) is 4.69. The molecule has 22 heavy (non-hydrogen) atoms. The molecular weight excluding hydrogens is 266 g/mol. The van der Waals surface area contributed by atoms with Crippen molar-refractivity contribution >= 4 is 0 Å². The van der Waals surface area contributed by atoms with Crippen molar-refractivity contribution < 1.29 is 0 Å². The number of aryl methyl sites for hydroxylation is 2. The number of fused-ring (bicyclic) bond motifs is 1. The molecule has 0 atom stereocenters. The standard InChI is InChI=1S/C21H21N/c1-3-8-17(9-4-1)14-15-22-20-13-7-12-19(20)16-21(22)18-10-5-2-6-11-18/h1-6,8-11,16H,7,12-15H2. The molecule has 0 N–H and O–H groups in total. The van der Waals surface area contributed by atoms with Gasteiger partial charge in [-0.2, -0.15) is 0 Å². The van der Waals surface area contributed by atoms with Crippen molar-refractivity contribution in [3.8, 4) is 11.3 Å². The third kappa shape index (κ3) is 2.48. The van der Waals surface area contributed by atoms with Gasteiger partial charge in [0.1, 0.15) is 0 Å². The van der Waals surface area contributed by atoms with E-state index in [2.05, 4.69) is 71.3 Å². The summed E-state index contributed by atoms with van der Waals surface area (Å²) in [7, 11) is 0. The number of hydrogen-bond donors (Lipinski definition) is 0. The van der Waals surface area contributed by atoms with E-state index < -0.39 is 0 Å². The lowest BCUT2D eigenvalue weighted by Gasteiger charge is -2.13. The second kappa shape index (κ2) is 5.84. The number of hydrogen-bond acceptors (Lipinski definition) is 0. The van der Waals surface area contributed by atoms with Crippen molar-refractivity contribution in [1.82, 2.24) is 4.57 Å². The SMILES string of the molecule is c1ccc(CCn2c(-c3ccccc3)cc3c2CCC3)cc1. The second-order valence-corrected chi connectivity index (χ2v) is 6.11. The molecule has 1 heterocycles. The highest BCUT2D eigenvalue weighted by Gasteiger charge is 2.20. The van der Waals surface area contributed by atoms with Crippen LogP contribution in [-0.4, -0.2) is 4.57 Å². The molecule has 0 radical (unpaired) electrons. The predicted octanol–water partition coefficient (Wildman–Crippen LogP) is 4.89. The maximum Gasteiger partial charge on any atom is 0.0485 e. The molecule has 110 valence electrons. The summed E-state index contributed by atoms with van der Waals surface area (Å²) >= 11 is 0. The van der Waals surface area contributed by atoms with Gasteiger partial charge in [-0.05, 0) is 48.4 Å². The minimum atomic E-state index is 1.07. The van der Waals surface area contributed by atoms with Gasteiger partial charge >= 0.3 is 0 Å². The van der Waals surface area contributed by atoms with Gasteiger partial charge in [0, 0.05) is 17.9 Å². The van der Waals surface area contributed by atoms with Gasteiger partial charge in [0.15, 0.2) is 0 Å². The molecule has 1 aromatic heterocycles. The van der Waals surface area contributed by atoms with Gasteiger partial charge in [-0.15, -0.1) is 0 Å². The van der Waals surface area contributed by atoms with Gasteiger partial charge < -0.3 is 4.57 Å². The van der Waals surface area contributed by atoms with Crippen molar-refractivity contribution in [3.63, 3.8) is 0 Å². The molecule has 2 aromatic carbocycles. The zero-order valence-electron chi connectivity index (χ0n) is 12.8. The molecule has 0 saturated heterocycles. The highest BCUT2D eigenvalue weighted by Crippen LogP contribution is 2.32. The summed E-state index contributed by atoms with van der Waals surface area (Å²) in [5.41, 5.74) is 7.27. The molecule has 0 aliphatic heterocycles. The zero-order valence-corrected chi connectivity index (χ0v) is 12.8. The Morgan fingerprint density at radius 3 is 2.32 bits per heavy atom. The van der Waals surface area contributed by atoms with E-state index >= 15 is 0 Å². The number of rotatable bonds is 4. The Bertz CT molecular complexity index is 753. The van der Waals surface area contributed by atoms with Crippen molar-refractivity contribution in [2.24, 2.45) is 0 Å². The van der Waals surface area contributed by atoms with E-state index in [0.29, 0.717) is 0 Å². The fraction of sp³-hybridized carbons (Fsp3) is 0.238. The Balaban J connectivity index is 1.68. The van der Waals surface area contributed by atoms with E-state index in [-0.39, 0.29) is 0 Å². The van der Waals surface area contributed by atoms with Crippen molar-refractivity contribution in [1.29, 1.82) is 0 Å². The van der Waals surface area contributed by atoms with Crippen LogP contribution in [0, 0.1) is 0 Å². The van der Waals surface area contributed by atoms with E-state index in [4.69, 9.17) is 0 Å². The first-order valence-corrected chi connectivity index (χ1v) is 8.22. The molecule has 0 saturated carbocycles. The van der Waals surface area contributed by atoms with E-state index in [1.807, 2.05) is 0 Å². The summed E-state index contributed by atoms with van der Waals surface area (Å²) in [5, 5.41) is 0. The maximum absolute atomic E-state index is 2.56. The van der Waals surface area contributed by atoms with E-state index in [1.165, 1.54) is 36.1 Å². The van der Waals surface area contributed by atoms with Gasteiger partial charge in [-0.1, -0.05) is 60.7 Å². The smallest absolute Gasteiger partial charge is 0.0485 e. The molecule has 1 nitrogen and oxygen atoms in total.